The summed E-state index contributed by atoms with van der Waals surface area (Å²) in [5, 5.41) is 0.614. The largest absolute Gasteiger partial charge is 0.268 e. The van der Waals surface area contributed by atoms with Gasteiger partial charge in [-0.3, -0.25) is 9.36 Å². The van der Waals surface area contributed by atoms with Crippen molar-refractivity contribution in [2.45, 2.75) is 13.8 Å². The highest BCUT2D eigenvalue weighted by Gasteiger charge is 2.12. The van der Waals surface area contributed by atoms with Gasteiger partial charge in [0.05, 0.1) is 16.6 Å². The normalized spacial score (nSPS) is 11.4. The number of nitrogens with zero attached hydrogens (tertiary/aromatic N) is 2. The van der Waals surface area contributed by atoms with Crippen molar-refractivity contribution in [3.63, 3.8) is 0 Å². The van der Waals surface area contributed by atoms with Gasteiger partial charge in [0, 0.05) is 4.47 Å². The highest BCUT2D eigenvalue weighted by atomic mass is 79.9. The second-order valence-corrected chi connectivity index (χ2v) is 7.72. The van der Waals surface area contributed by atoms with Crippen LogP contribution in [-0.4, -0.2) is 9.55 Å². The lowest BCUT2D eigenvalue weighted by molar-refractivity contribution is 0.933. The van der Waals surface area contributed by atoms with Gasteiger partial charge in [0.2, 0.25) is 0 Å². The van der Waals surface area contributed by atoms with Gasteiger partial charge in [-0.05, 0) is 61.4 Å². The molecule has 4 rings (SSSR count). The number of para-hydroxylation sites is 1. The van der Waals surface area contributed by atoms with Crippen molar-refractivity contribution in [2.75, 3.05) is 0 Å². The lowest BCUT2D eigenvalue weighted by atomic mass is 10.1. The summed E-state index contributed by atoms with van der Waals surface area (Å²) in [5.41, 5.74) is 4.73. The van der Waals surface area contributed by atoms with Crippen LogP contribution >= 0.6 is 15.9 Å². The fourth-order valence-corrected chi connectivity index (χ4v) is 3.56. The number of rotatable bonds is 3. The second kappa shape index (κ2) is 7.56. The minimum Gasteiger partial charge on any atom is -0.268 e. The van der Waals surface area contributed by atoms with E-state index in [1.165, 1.54) is 0 Å². The second-order valence-electron chi connectivity index (χ2n) is 6.80. The van der Waals surface area contributed by atoms with E-state index in [1.54, 1.807) is 4.57 Å². The fraction of sp³-hybridized carbons (Fsp3) is 0.0833. The number of aromatic nitrogens is 2. The van der Waals surface area contributed by atoms with Crippen LogP contribution in [0.1, 0.15) is 22.5 Å². The first-order valence-electron chi connectivity index (χ1n) is 9.06. The summed E-state index contributed by atoms with van der Waals surface area (Å²) < 4.78 is 2.73. The standard InChI is InChI=1S/C24H19BrN2O/c1-16-7-13-22(17(2)15-16)27-23(14-10-18-8-11-19(25)12-9-18)26-21-6-4-3-5-20(21)24(27)28/h3-15H,1-2H3. The number of hydrogen-bond acceptors (Lipinski definition) is 2. The van der Waals surface area contributed by atoms with E-state index in [2.05, 4.69) is 22.0 Å². The van der Waals surface area contributed by atoms with Crippen LogP contribution in [0.4, 0.5) is 0 Å². The zero-order valence-electron chi connectivity index (χ0n) is 15.7. The third-order valence-electron chi connectivity index (χ3n) is 4.69. The third-order valence-corrected chi connectivity index (χ3v) is 5.22. The Morgan fingerprint density at radius 1 is 0.929 bits per heavy atom. The number of hydrogen-bond donors (Lipinski definition) is 0. The van der Waals surface area contributed by atoms with E-state index in [4.69, 9.17) is 4.98 Å². The van der Waals surface area contributed by atoms with Crippen LogP contribution in [0.3, 0.4) is 0 Å². The quantitative estimate of drug-likeness (QED) is 0.403. The summed E-state index contributed by atoms with van der Waals surface area (Å²) in [6.07, 6.45) is 3.87. The molecule has 0 fully saturated rings. The Morgan fingerprint density at radius 3 is 2.43 bits per heavy atom. The fourth-order valence-electron chi connectivity index (χ4n) is 3.30. The Labute approximate surface area is 172 Å². The van der Waals surface area contributed by atoms with Crippen molar-refractivity contribution in [1.29, 1.82) is 0 Å². The summed E-state index contributed by atoms with van der Waals surface area (Å²) in [6.45, 7) is 4.07. The molecule has 4 aromatic rings. The highest BCUT2D eigenvalue weighted by Crippen LogP contribution is 2.19. The van der Waals surface area contributed by atoms with E-state index in [9.17, 15) is 4.79 Å². The molecule has 3 nitrogen and oxygen atoms in total. The predicted octanol–water partition coefficient (Wildman–Crippen LogP) is 5.94. The lowest BCUT2D eigenvalue weighted by Gasteiger charge is -2.14. The average molecular weight is 431 g/mol. The van der Waals surface area contributed by atoms with Gasteiger partial charge < -0.3 is 0 Å². The van der Waals surface area contributed by atoms with Crippen molar-refractivity contribution in [1.82, 2.24) is 9.55 Å². The first-order valence-corrected chi connectivity index (χ1v) is 9.85. The minimum atomic E-state index is -0.0620. The van der Waals surface area contributed by atoms with E-state index in [-0.39, 0.29) is 5.56 Å². The molecule has 0 aliphatic carbocycles. The third kappa shape index (κ3) is 3.56. The van der Waals surface area contributed by atoms with Gasteiger partial charge in [0.25, 0.3) is 5.56 Å². The maximum Gasteiger partial charge on any atom is 0.266 e. The summed E-state index contributed by atoms with van der Waals surface area (Å²) in [6, 6.07) is 21.6. The number of benzene rings is 3. The number of aryl methyl sites for hydroxylation is 2. The van der Waals surface area contributed by atoms with E-state index < -0.39 is 0 Å². The zero-order valence-corrected chi connectivity index (χ0v) is 17.3. The van der Waals surface area contributed by atoms with E-state index in [1.807, 2.05) is 86.7 Å². The molecule has 1 aromatic heterocycles. The van der Waals surface area contributed by atoms with E-state index >= 15 is 0 Å². The van der Waals surface area contributed by atoms with Gasteiger partial charge in [-0.15, -0.1) is 0 Å². The summed E-state index contributed by atoms with van der Waals surface area (Å²) in [4.78, 5) is 18.1. The van der Waals surface area contributed by atoms with Gasteiger partial charge >= 0.3 is 0 Å². The van der Waals surface area contributed by atoms with Crippen LogP contribution in [0.15, 0.2) is 76.0 Å². The molecular weight excluding hydrogens is 412 g/mol. The lowest BCUT2D eigenvalue weighted by Crippen LogP contribution is -2.23. The summed E-state index contributed by atoms with van der Waals surface area (Å²) in [7, 11) is 0. The summed E-state index contributed by atoms with van der Waals surface area (Å²) >= 11 is 3.45. The molecule has 4 heteroatoms. The Balaban J connectivity index is 1.95. The average Bonchev–Trinajstić information content (AvgIpc) is 2.69. The molecule has 0 saturated heterocycles. The molecule has 1 heterocycles. The van der Waals surface area contributed by atoms with Crippen molar-refractivity contribution in [3.05, 3.63) is 104 Å². The van der Waals surface area contributed by atoms with Gasteiger partial charge in [0.15, 0.2) is 0 Å². The predicted molar refractivity (Wildman–Crippen MR) is 120 cm³/mol. The van der Waals surface area contributed by atoms with E-state index in [0.717, 1.165) is 26.9 Å². The van der Waals surface area contributed by atoms with E-state index in [0.29, 0.717) is 16.7 Å². The highest BCUT2D eigenvalue weighted by molar-refractivity contribution is 9.10. The Hall–Kier alpha value is -2.98. The number of halogens is 1. The topological polar surface area (TPSA) is 34.9 Å². The van der Waals surface area contributed by atoms with Crippen LogP contribution in [0.2, 0.25) is 0 Å². The van der Waals surface area contributed by atoms with Crippen LogP contribution in [0.5, 0.6) is 0 Å². The SMILES string of the molecule is Cc1ccc(-n2c(C=Cc3ccc(Br)cc3)nc3ccccc3c2=O)c(C)c1. The molecule has 0 N–H and O–H groups in total. The summed E-state index contributed by atoms with van der Waals surface area (Å²) in [5.74, 6) is 0.610. The zero-order chi connectivity index (χ0) is 19.7. The van der Waals surface area contributed by atoms with Crippen molar-refractivity contribution >= 4 is 39.0 Å². The molecular formula is C24H19BrN2O. The molecule has 28 heavy (non-hydrogen) atoms. The van der Waals surface area contributed by atoms with Gasteiger partial charge in [-0.2, -0.15) is 0 Å². The van der Waals surface area contributed by atoms with Gasteiger partial charge in [-0.1, -0.05) is 64.0 Å². The molecule has 0 unspecified atom stereocenters. The minimum absolute atomic E-state index is 0.0620. The van der Waals surface area contributed by atoms with Crippen LogP contribution in [0.25, 0.3) is 28.7 Å². The molecule has 0 aliphatic rings. The molecule has 0 aliphatic heterocycles. The molecule has 0 spiro atoms. The molecule has 0 bridgehead atoms. The Morgan fingerprint density at radius 2 is 1.68 bits per heavy atom. The molecule has 0 saturated carbocycles. The first-order chi connectivity index (χ1) is 13.5. The Kier molecular flexibility index (Phi) is 4.97. The van der Waals surface area contributed by atoms with Crippen LogP contribution in [0, 0.1) is 13.8 Å². The van der Waals surface area contributed by atoms with Crippen molar-refractivity contribution < 1.29 is 0 Å². The van der Waals surface area contributed by atoms with Crippen molar-refractivity contribution in [3.8, 4) is 5.69 Å². The monoisotopic (exact) mass is 430 g/mol. The molecule has 0 atom stereocenters. The van der Waals surface area contributed by atoms with Crippen molar-refractivity contribution in [2.24, 2.45) is 0 Å². The number of fused-ring (bicyclic) bond motifs is 1. The first kappa shape index (κ1) is 18.4. The maximum atomic E-state index is 13.3. The maximum absolute atomic E-state index is 13.3. The Bertz CT molecular complexity index is 1250. The molecule has 0 radical (unpaired) electrons. The van der Waals surface area contributed by atoms with Crippen LogP contribution in [-0.2, 0) is 0 Å². The van der Waals surface area contributed by atoms with Crippen LogP contribution < -0.4 is 5.56 Å². The molecule has 0 amide bonds. The van der Waals surface area contributed by atoms with Gasteiger partial charge in [0.1, 0.15) is 5.82 Å². The smallest absolute Gasteiger partial charge is 0.266 e. The van der Waals surface area contributed by atoms with Gasteiger partial charge in [-0.25, -0.2) is 4.98 Å². The molecule has 138 valence electrons. The molecule has 3 aromatic carbocycles.